The van der Waals surface area contributed by atoms with Gasteiger partial charge in [-0.05, 0) is 35.9 Å². The van der Waals surface area contributed by atoms with Crippen LogP contribution in [0.25, 0.3) is 0 Å². The highest BCUT2D eigenvalue weighted by Gasteiger charge is 2.17. The number of rotatable bonds is 5. The molecule has 142 valence electrons. The number of nitrogen functional groups attached to an aromatic ring is 1. The molecular weight excluding hydrogens is 355 g/mol. The molecule has 8 heteroatoms. The Balaban J connectivity index is 1.55. The van der Waals surface area contributed by atoms with Crippen LogP contribution in [0.4, 0.5) is 10.1 Å². The van der Waals surface area contributed by atoms with Gasteiger partial charge in [-0.25, -0.2) is 9.18 Å². The fraction of sp³-hybridized carbons (Fsp3) is 0.263. The summed E-state index contributed by atoms with van der Waals surface area (Å²) in [6.45, 7) is 0.852. The van der Waals surface area contributed by atoms with Crippen LogP contribution in [0.15, 0.2) is 36.4 Å². The summed E-state index contributed by atoms with van der Waals surface area (Å²) in [5, 5.41) is 0. The van der Waals surface area contributed by atoms with Gasteiger partial charge in [0.05, 0.1) is 5.56 Å². The topological polar surface area (TPSA) is 91.1 Å². The minimum absolute atomic E-state index is 0.0127. The summed E-state index contributed by atoms with van der Waals surface area (Å²) in [7, 11) is 1.60. The van der Waals surface area contributed by atoms with Gasteiger partial charge in [0.25, 0.3) is 5.91 Å². The second-order valence-corrected chi connectivity index (χ2v) is 6.04. The van der Waals surface area contributed by atoms with E-state index in [9.17, 15) is 14.0 Å². The maximum Gasteiger partial charge on any atom is 0.340 e. The molecule has 0 saturated carbocycles. The molecule has 7 nitrogen and oxygen atoms in total. The Labute approximate surface area is 155 Å². The Morgan fingerprint density at radius 2 is 1.89 bits per heavy atom. The van der Waals surface area contributed by atoms with Gasteiger partial charge in [0.15, 0.2) is 18.1 Å². The van der Waals surface area contributed by atoms with Crippen molar-refractivity contribution in [3.63, 3.8) is 0 Å². The van der Waals surface area contributed by atoms with E-state index in [1.165, 1.54) is 11.0 Å². The molecule has 0 aliphatic carbocycles. The minimum Gasteiger partial charge on any atom is -0.486 e. The number of carbonyl (C=O) groups is 2. The summed E-state index contributed by atoms with van der Waals surface area (Å²) in [5.74, 6) is -0.422. The molecule has 3 rings (SSSR count). The van der Waals surface area contributed by atoms with Gasteiger partial charge in [-0.1, -0.05) is 6.07 Å². The van der Waals surface area contributed by atoms with Crippen LogP contribution in [-0.2, 0) is 16.1 Å². The molecule has 0 unspecified atom stereocenters. The summed E-state index contributed by atoms with van der Waals surface area (Å²) in [4.78, 5) is 25.6. The molecule has 1 amide bonds. The maximum atomic E-state index is 13.0. The van der Waals surface area contributed by atoms with Crippen molar-refractivity contribution < 1.29 is 28.2 Å². The number of likely N-dealkylation sites (N-methyl/N-ethyl adjacent to an activating group) is 1. The zero-order chi connectivity index (χ0) is 19.4. The van der Waals surface area contributed by atoms with Crippen LogP contribution in [0.3, 0.4) is 0 Å². The molecule has 0 spiro atoms. The number of nitrogens with two attached hydrogens (primary N) is 1. The molecule has 27 heavy (non-hydrogen) atoms. The number of fused-ring (bicyclic) bond motifs is 1. The van der Waals surface area contributed by atoms with E-state index in [0.29, 0.717) is 31.3 Å². The van der Waals surface area contributed by atoms with Crippen LogP contribution < -0.4 is 15.2 Å². The molecule has 1 aliphatic rings. The van der Waals surface area contributed by atoms with Gasteiger partial charge in [0.2, 0.25) is 0 Å². The Kier molecular flexibility index (Phi) is 5.44. The summed E-state index contributed by atoms with van der Waals surface area (Å²) in [6, 6.07) is 8.77. The van der Waals surface area contributed by atoms with Gasteiger partial charge < -0.3 is 24.8 Å². The third kappa shape index (κ3) is 4.46. The molecule has 1 aliphatic heterocycles. The average molecular weight is 374 g/mol. The van der Waals surface area contributed by atoms with E-state index in [-0.39, 0.29) is 17.2 Å². The van der Waals surface area contributed by atoms with Crippen LogP contribution in [0.1, 0.15) is 15.9 Å². The van der Waals surface area contributed by atoms with E-state index in [1.54, 1.807) is 13.1 Å². The lowest BCUT2D eigenvalue weighted by molar-refractivity contribution is -0.133. The largest absolute Gasteiger partial charge is 0.486 e. The molecule has 1 heterocycles. The first-order chi connectivity index (χ1) is 12.9. The molecule has 0 fully saturated rings. The van der Waals surface area contributed by atoms with Crippen LogP contribution in [0.5, 0.6) is 11.5 Å². The number of nitrogens with zero attached hydrogens (tertiary/aromatic N) is 1. The Bertz CT molecular complexity index is 871. The van der Waals surface area contributed by atoms with E-state index in [2.05, 4.69) is 0 Å². The number of amides is 1. The molecular formula is C19H19FN2O5. The number of hydrogen-bond acceptors (Lipinski definition) is 6. The third-order valence-corrected chi connectivity index (χ3v) is 4.01. The first kappa shape index (κ1) is 18.5. The van der Waals surface area contributed by atoms with Gasteiger partial charge in [0.1, 0.15) is 19.0 Å². The molecule has 2 aromatic carbocycles. The number of esters is 1. The lowest BCUT2D eigenvalue weighted by Crippen LogP contribution is -2.31. The molecule has 0 radical (unpaired) electrons. The van der Waals surface area contributed by atoms with Crippen molar-refractivity contribution in [2.45, 2.75) is 6.54 Å². The highest BCUT2D eigenvalue weighted by molar-refractivity contribution is 5.96. The number of ether oxygens (including phenoxy) is 3. The smallest absolute Gasteiger partial charge is 0.340 e. The minimum atomic E-state index is -0.784. The summed E-state index contributed by atoms with van der Waals surface area (Å²) < 4.78 is 29.0. The number of hydrogen-bond donors (Lipinski definition) is 1. The van der Waals surface area contributed by atoms with Crippen molar-refractivity contribution in [1.29, 1.82) is 0 Å². The van der Waals surface area contributed by atoms with E-state index in [0.717, 1.165) is 17.7 Å². The van der Waals surface area contributed by atoms with Gasteiger partial charge in [-0.15, -0.1) is 0 Å². The van der Waals surface area contributed by atoms with Crippen molar-refractivity contribution in [2.75, 3.05) is 32.6 Å². The zero-order valence-electron chi connectivity index (χ0n) is 14.7. The molecule has 0 atom stereocenters. The van der Waals surface area contributed by atoms with Crippen molar-refractivity contribution in [1.82, 2.24) is 4.90 Å². The lowest BCUT2D eigenvalue weighted by atomic mass is 10.2. The van der Waals surface area contributed by atoms with Crippen LogP contribution in [-0.4, -0.2) is 43.6 Å². The summed E-state index contributed by atoms with van der Waals surface area (Å²) in [6.07, 6.45) is 0. The molecule has 0 saturated heterocycles. The number of carbonyl (C=O) groups excluding carboxylic acids is 2. The fourth-order valence-electron chi connectivity index (χ4n) is 2.58. The SMILES string of the molecule is CN(Cc1ccc2c(c1)OCCO2)C(=O)COC(=O)c1ccc(F)cc1N. The van der Waals surface area contributed by atoms with Gasteiger partial charge in [0, 0.05) is 19.3 Å². The van der Waals surface area contributed by atoms with Crippen molar-refractivity contribution in [3.8, 4) is 11.5 Å². The van der Waals surface area contributed by atoms with Crippen LogP contribution in [0.2, 0.25) is 0 Å². The predicted molar refractivity (Wildman–Crippen MR) is 95.0 cm³/mol. The van der Waals surface area contributed by atoms with E-state index in [1.807, 2.05) is 12.1 Å². The standard InChI is InChI=1S/C19H19FN2O5/c1-22(10-12-2-5-16-17(8-12)26-7-6-25-16)18(23)11-27-19(24)14-4-3-13(20)9-15(14)21/h2-5,8-9H,6-7,10-11,21H2,1H3. The number of benzene rings is 2. The third-order valence-electron chi connectivity index (χ3n) is 4.01. The molecule has 0 bridgehead atoms. The first-order valence-corrected chi connectivity index (χ1v) is 8.28. The van der Waals surface area contributed by atoms with Crippen molar-refractivity contribution >= 4 is 17.6 Å². The average Bonchev–Trinajstić information content (AvgIpc) is 2.65. The number of anilines is 1. The van der Waals surface area contributed by atoms with E-state index < -0.39 is 18.4 Å². The van der Waals surface area contributed by atoms with Gasteiger partial charge in [-0.2, -0.15) is 0 Å². The zero-order valence-corrected chi connectivity index (χ0v) is 14.7. The van der Waals surface area contributed by atoms with Gasteiger partial charge >= 0.3 is 5.97 Å². The Hall–Kier alpha value is -3.29. The Morgan fingerprint density at radius 1 is 1.15 bits per heavy atom. The predicted octanol–water partition coefficient (Wildman–Crippen LogP) is 1.99. The first-order valence-electron chi connectivity index (χ1n) is 8.28. The lowest BCUT2D eigenvalue weighted by Gasteiger charge is -2.21. The highest BCUT2D eigenvalue weighted by Crippen LogP contribution is 2.31. The van der Waals surface area contributed by atoms with Crippen molar-refractivity contribution in [3.05, 3.63) is 53.3 Å². The fourth-order valence-corrected chi connectivity index (χ4v) is 2.58. The molecule has 2 N–H and O–H groups in total. The monoisotopic (exact) mass is 374 g/mol. The van der Waals surface area contributed by atoms with E-state index in [4.69, 9.17) is 19.9 Å². The maximum absolute atomic E-state index is 13.0. The second kappa shape index (κ2) is 7.94. The number of halogens is 1. The van der Waals surface area contributed by atoms with Gasteiger partial charge in [-0.3, -0.25) is 4.79 Å². The normalized spacial score (nSPS) is 12.4. The van der Waals surface area contributed by atoms with Crippen LogP contribution in [0, 0.1) is 5.82 Å². The van der Waals surface area contributed by atoms with Crippen molar-refractivity contribution in [2.24, 2.45) is 0 Å². The second-order valence-electron chi connectivity index (χ2n) is 6.04. The summed E-state index contributed by atoms with van der Waals surface area (Å²) >= 11 is 0. The Morgan fingerprint density at radius 3 is 2.63 bits per heavy atom. The summed E-state index contributed by atoms with van der Waals surface area (Å²) in [5.41, 5.74) is 6.41. The van der Waals surface area contributed by atoms with E-state index >= 15 is 0 Å². The van der Waals surface area contributed by atoms with Crippen LogP contribution >= 0.6 is 0 Å². The molecule has 2 aromatic rings. The quantitative estimate of drug-likeness (QED) is 0.636. The highest BCUT2D eigenvalue weighted by atomic mass is 19.1. The molecule has 0 aromatic heterocycles.